The third-order valence-electron chi connectivity index (χ3n) is 3.17. The van der Waals surface area contributed by atoms with Crippen LogP contribution in [0.5, 0.6) is 0 Å². The Labute approximate surface area is 116 Å². The summed E-state index contributed by atoms with van der Waals surface area (Å²) in [4.78, 5) is 13.8. The van der Waals surface area contributed by atoms with Crippen molar-refractivity contribution in [3.05, 3.63) is 29.8 Å². The second kappa shape index (κ2) is 8.57. The first-order chi connectivity index (χ1) is 9.19. The Kier molecular flexibility index (Phi) is 7.01. The molecule has 0 amide bonds. The Morgan fingerprint density at radius 3 is 2.37 bits per heavy atom. The molecule has 0 spiro atoms. The van der Waals surface area contributed by atoms with Gasteiger partial charge in [0.2, 0.25) is 0 Å². The molecule has 1 aromatic rings. The largest absolute Gasteiger partial charge is 0.462 e. The van der Waals surface area contributed by atoms with Crippen LogP contribution in [0.3, 0.4) is 0 Å². The minimum atomic E-state index is -0.250. The number of hydrogen-bond donors (Lipinski definition) is 0. The smallest absolute Gasteiger partial charge is 0.338 e. The Bertz CT molecular complexity index is 373. The molecule has 3 heteroatoms. The number of nitrogens with zero attached hydrogens (tertiary/aromatic N) is 1. The van der Waals surface area contributed by atoms with Gasteiger partial charge in [-0.15, -0.1) is 0 Å². The van der Waals surface area contributed by atoms with Crippen LogP contribution in [-0.4, -0.2) is 26.2 Å². The lowest BCUT2D eigenvalue weighted by Gasteiger charge is -2.19. The van der Waals surface area contributed by atoms with Crippen LogP contribution in [0.15, 0.2) is 24.3 Å². The summed E-state index contributed by atoms with van der Waals surface area (Å²) >= 11 is 0. The predicted molar refractivity (Wildman–Crippen MR) is 79.8 cm³/mol. The zero-order valence-electron chi connectivity index (χ0n) is 12.3. The summed E-state index contributed by atoms with van der Waals surface area (Å²) in [5.41, 5.74) is 1.76. The number of benzene rings is 1. The molecule has 0 heterocycles. The van der Waals surface area contributed by atoms with Gasteiger partial charge in [-0.1, -0.05) is 26.2 Å². The number of ether oxygens (including phenoxy) is 1. The molecule has 0 aromatic heterocycles. The molecule has 106 valence electrons. The summed E-state index contributed by atoms with van der Waals surface area (Å²) in [7, 11) is 2.09. The summed E-state index contributed by atoms with van der Waals surface area (Å²) in [6, 6.07) is 7.61. The van der Waals surface area contributed by atoms with E-state index in [2.05, 4.69) is 18.9 Å². The van der Waals surface area contributed by atoms with E-state index < -0.39 is 0 Å². The highest BCUT2D eigenvalue weighted by atomic mass is 16.5. The van der Waals surface area contributed by atoms with Gasteiger partial charge in [-0.25, -0.2) is 4.79 Å². The SMILES string of the molecule is CCCCCCN(C)c1ccc(C(=O)OCC)cc1. The van der Waals surface area contributed by atoms with E-state index in [1.165, 1.54) is 25.7 Å². The quantitative estimate of drug-likeness (QED) is 0.526. The first-order valence-corrected chi connectivity index (χ1v) is 7.17. The average Bonchev–Trinajstić information content (AvgIpc) is 2.44. The molecule has 0 fully saturated rings. The summed E-state index contributed by atoms with van der Waals surface area (Å²) in [6.45, 7) is 5.50. The molecule has 0 radical (unpaired) electrons. The van der Waals surface area contributed by atoms with Gasteiger partial charge in [0.25, 0.3) is 0 Å². The van der Waals surface area contributed by atoms with E-state index in [0.717, 1.165) is 12.2 Å². The van der Waals surface area contributed by atoms with Crippen LogP contribution in [0, 0.1) is 0 Å². The molecular formula is C16H25NO2. The minimum Gasteiger partial charge on any atom is -0.462 e. The van der Waals surface area contributed by atoms with Crippen molar-refractivity contribution in [3.8, 4) is 0 Å². The molecule has 0 saturated carbocycles. The van der Waals surface area contributed by atoms with Crippen LogP contribution in [-0.2, 0) is 4.74 Å². The number of hydrogen-bond acceptors (Lipinski definition) is 3. The number of carbonyl (C=O) groups excluding carboxylic acids is 1. The Morgan fingerprint density at radius 2 is 1.79 bits per heavy atom. The van der Waals surface area contributed by atoms with E-state index in [0.29, 0.717) is 12.2 Å². The van der Waals surface area contributed by atoms with E-state index in [1.807, 2.05) is 31.2 Å². The van der Waals surface area contributed by atoms with Crippen molar-refractivity contribution in [2.75, 3.05) is 25.1 Å². The van der Waals surface area contributed by atoms with Crippen LogP contribution >= 0.6 is 0 Å². The lowest BCUT2D eigenvalue weighted by molar-refractivity contribution is 0.0526. The summed E-state index contributed by atoms with van der Waals surface area (Å²) < 4.78 is 4.97. The molecule has 0 aliphatic heterocycles. The van der Waals surface area contributed by atoms with E-state index >= 15 is 0 Å². The van der Waals surface area contributed by atoms with Gasteiger partial charge in [-0.2, -0.15) is 0 Å². The van der Waals surface area contributed by atoms with Crippen molar-refractivity contribution in [2.24, 2.45) is 0 Å². The Hall–Kier alpha value is -1.51. The lowest BCUT2D eigenvalue weighted by Crippen LogP contribution is -2.18. The van der Waals surface area contributed by atoms with Crippen LogP contribution in [0.4, 0.5) is 5.69 Å². The normalized spacial score (nSPS) is 10.3. The van der Waals surface area contributed by atoms with Crippen LogP contribution in [0.25, 0.3) is 0 Å². The first kappa shape index (κ1) is 15.5. The van der Waals surface area contributed by atoms with Crippen molar-refractivity contribution in [3.63, 3.8) is 0 Å². The Morgan fingerprint density at radius 1 is 1.11 bits per heavy atom. The maximum atomic E-state index is 11.5. The fourth-order valence-electron chi connectivity index (χ4n) is 1.97. The highest BCUT2D eigenvalue weighted by Crippen LogP contribution is 2.15. The summed E-state index contributed by atoms with van der Waals surface area (Å²) in [5.74, 6) is -0.250. The maximum Gasteiger partial charge on any atom is 0.338 e. The third kappa shape index (κ3) is 5.33. The highest BCUT2D eigenvalue weighted by Gasteiger charge is 2.07. The molecule has 0 saturated heterocycles. The predicted octanol–water partition coefficient (Wildman–Crippen LogP) is 3.88. The molecule has 1 rings (SSSR count). The molecule has 0 aliphatic rings. The monoisotopic (exact) mass is 263 g/mol. The van der Waals surface area contributed by atoms with Gasteiger partial charge in [-0.05, 0) is 37.6 Å². The number of unbranched alkanes of at least 4 members (excludes halogenated alkanes) is 3. The second-order valence-corrected chi connectivity index (χ2v) is 4.75. The van der Waals surface area contributed by atoms with Gasteiger partial charge in [0, 0.05) is 19.3 Å². The van der Waals surface area contributed by atoms with E-state index in [4.69, 9.17) is 4.74 Å². The number of carbonyl (C=O) groups is 1. The van der Waals surface area contributed by atoms with Gasteiger partial charge in [0.05, 0.1) is 12.2 Å². The molecule has 3 nitrogen and oxygen atoms in total. The van der Waals surface area contributed by atoms with Gasteiger partial charge < -0.3 is 9.64 Å². The number of rotatable bonds is 8. The van der Waals surface area contributed by atoms with Gasteiger partial charge >= 0.3 is 5.97 Å². The third-order valence-corrected chi connectivity index (χ3v) is 3.17. The van der Waals surface area contributed by atoms with E-state index in [-0.39, 0.29) is 5.97 Å². The molecule has 0 unspecified atom stereocenters. The molecule has 0 bridgehead atoms. The maximum absolute atomic E-state index is 11.5. The highest BCUT2D eigenvalue weighted by molar-refractivity contribution is 5.89. The van der Waals surface area contributed by atoms with Crippen molar-refractivity contribution < 1.29 is 9.53 Å². The molecular weight excluding hydrogens is 238 g/mol. The zero-order valence-corrected chi connectivity index (χ0v) is 12.3. The topological polar surface area (TPSA) is 29.5 Å². The van der Waals surface area contributed by atoms with Gasteiger partial charge in [0.1, 0.15) is 0 Å². The first-order valence-electron chi connectivity index (χ1n) is 7.17. The Balaban J connectivity index is 2.48. The molecule has 19 heavy (non-hydrogen) atoms. The van der Waals surface area contributed by atoms with Gasteiger partial charge in [-0.3, -0.25) is 0 Å². The number of esters is 1. The summed E-state index contributed by atoms with van der Waals surface area (Å²) in [6.07, 6.45) is 5.05. The van der Waals surface area contributed by atoms with Crippen LogP contribution < -0.4 is 4.90 Å². The molecule has 0 atom stereocenters. The second-order valence-electron chi connectivity index (χ2n) is 4.75. The molecule has 1 aromatic carbocycles. The van der Waals surface area contributed by atoms with Crippen LogP contribution in [0.1, 0.15) is 49.9 Å². The lowest BCUT2D eigenvalue weighted by atomic mass is 10.1. The van der Waals surface area contributed by atoms with Crippen molar-refractivity contribution in [1.29, 1.82) is 0 Å². The molecule has 0 N–H and O–H groups in total. The van der Waals surface area contributed by atoms with Crippen molar-refractivity contribution in [2.45, 2.75) is 39.5 Å². The fraction of sp³-hybridized carbons (Fsp3) is 0.562. The van der Waals surface area contributed by atoms with Crippen molar-refractivity contribution in [1.82, 2.24) is 0 Å². The zero-order chi connectivity index (χ0) is 14.1. The standard InChI is InChI=1S/C16H25NO2/c1-4-6-7-8-13-17(3)15-11-9-14(10-12-15)16(18)19-5-2/h9-12H,4-8,13H2,1-3H3. The average molecular weight is 263 g/mol. The van der Waals surface area contributed by atoms with Gasteiger partial charge in [0.15, 0.2) is 0 Å². The van der Waals surface area contributed by atoms with Crippen molar-refractivity contribution >= 4 is 11.7 Å². The molecule has 0 aliphatic carbocycles. The number of anilines is 1. The van der Waals surface area contributed by atoms with Crippen LogP contribution in [0.2, 0.25) is 0 Å². The fourth-order valence-corrected chi connectivity index (χ4v) is 1.97. The minimum absolute atomic E-state index is 0.250. The van der Waals surface area contributed by atoms with E-state index in [1.54, 1.807) is 0 Å². The van der Waals surface area contributed by atoms with E-state index in [9.17, 15) is 4.79 Å². The summed E-state index contributed by atoms with van der Waals surface area (Å²) in [5, 5.41) is 0.